The Hall–Kier alpha value is -1.64. The Labute approximate surface area is 68.2 Å². The molecule has 0 aliphatic carbocycles. The van der Waals surface area contributed by atoms with Crippen molar-refractivity contribution < 1.29 is 9.18 Å². The summed E-state index contributed by atoms with van der Waals surface area (Å²) >= 11 is 0. The van der Waals surface area contributed by atoms with Crippen LogP contribution in [0.25, 0.3) is 10.9 Å². The third-order valence-corrected chi connectivity index (χ3v) is 1.80. The maximum absolute atomic E-state index is 12.7. The second-order valence-corrected chi connectivity index (χ2v) is 2.53. The molecule has 0 saturated carbocycles. The Morgan fingerprint density at radius 2 is 2.17 bits per heavy atom. The molecule has 0 saturated heterocycles. The molecule has 1 aromatic heterocycles. The first kappa shape index (κ1) is 7.03. The van der Waals surface area contributed by atoms with Crippen LogP contribution >= 0.6 is 0 Å². The van der Waals surface area contributed by atoms with Gasteiger partial charge in [-0.2, -0.15) is 0 Å². The largest absolute Gasteiger partial charge is 0.290 e. The number of hydrogen-bond donors (Lipinski definition) is 0. The van der Waals surface area contributed by atoms with Crippen LogP contribution in [0.4, 0.5) is 4.39 Å². The molecule has 0 fully saturated rings. The number of carbonyl (C=O) groups is 1. The zero-order valence-corrected chi connectivity index (χ0v) is 6.20. The summed E-state index contributed by atoms with van der Waals surface area (Å²) < 4.78 is 14.0. The van der Waals surface area contributed by atoms with Gasteiger partial charge in [0.25, 0.3) is 0 Å². The summed E-state index contributed by atoms with van der Waals surface area (Å²) in [4.78, 5) is 10.4. The normalized spacial score (nSPS) is 10.4. The Morgan fingerprint density at radius 1 is 1.33 bits per heavy atom. The third-order valence-electron chi connectivity index (χ3n) is 1.80. The molecule has 0 aliphatic rings. The lowest BCUT2D eigenvalue weighted by Crippen LogP contribution is -1.90. The number of halogens is 1. The molecule has 2 rings (SSSR count). The number of nitrogens with zero attached hydrogens (tertiary/aromatic N) is 1. The zero-order chi connectivity index (χ0) is 8.55. The lowest BCUT2D eigenvalue weighted by atomic mass is 10.2. The van der Waals surface area contributed by atoms with Crippen molar-refractivity contribution in [3.63, 3.8) is 0 Å². The third kappa shape index (κ3) is 0.906. The summed E-state index contributed by atoms with van der Waals surface area (Å²) in [7, 11) is 0. The minimum absolute atomic E-state index is 0.329. The number of carbonyl (C=O) groups excluding carboxylic acids is 1. The Balaban J connectivity index is 2.83. The molecule has 0 spiro atoms. The molecule has 1 aromatic carbocycles. The number of fused-ring (bicyclic) bond motifs is 1. The molecule has 0 atom stereocenters. The molecule has 0 amide bonds. The summed E-state index contributed by atoms with van der Waals surface area (Å²) in [5, 5.41) is 0.864. The summed E-state index contributed by atoms with van der Waals surface area (Å²) in [6.07, 6.45) is 2.26. The molecule has 0 N–H and O–H groups in total. The Kier molecular flexibility index (Phi) is 1.43. The van der Waals surface area contributed by atoms with Crippen LogP contribution in [0.1, 0.15) is 0 Å². The van der Waals surface area contributed by atoms with Gasteiger partial charge in [-0.15, -0.1) is 0 Å². The van der Waals surface area contributed by atoms with E-state index in [1.165, 1.54) is 16.7 Å². The van der Waals surface area contributed by atoms with Gasteiger partial charge >= 0.3 is 0 Å². The van der Waals surface area contributed by atoms with E-state index in [1.54, 1.807) is 18.3 Å². The molecule has 60 valence electrons. The molecule has 2 aromatic rings. The van der Waals surface area contributed by atoms with Gasteiger partial charge in [0.1, 0.15) is 5.82 Å². The predicted molar refractivity (Wildman–Crippen MR) is 44.0 cm³/mol. The average Bonchev–Trinajstić information content (AvgIpc) is 2.46. The highest BCUT2D eigenvalue weighted by atomic mass is 19.1. The van der Waals surface area contributed by atoms with Crippen LogP contribution in [0.3, 0.4) is 0 Å². The van der Waals surface area contributed by atoms with Crippen molar-refractivity contribution in [2.75, 3.05) is 0 Å². The van der Waals surface area contributed by atoms with Crippen LogP contribution in [-0.4, -0.2) is 11.0 Å². The van der Waals surface area contributed by atoms with E-state index in [2.05, 4.69) is 0 Å². The van der Waals surface area contributed by atoms with E-state index in [4.69, 9.17) is 0 Å². The van der Waals surface area contributed by atoms with Gasteiger partial charge in [-0.05, 0) is 24.3 Å². The monoisotopic (exact) mass is 163 g/mol. The smallest absolute Gasteiger partial charge is 0.218 e. The van der Waals surface area contributed by atoms with Gasteiger partial charge in [0.15, 0.2) is 0 Å². The predicted octanol–water partition coefficient (Wildman–Crippen LogP) is 1.82. The topological polar surface area (TPSA) is 22.0 Å². The molecule has 0 bridgehead atoms. The van der Waals surface area contributed by atoms with Crippen molar-refractivity contribution in [1.82, 2.24) is 4.57 Å². The van der Waals surface area contributed by atoms with Crippen molar-refractivity contribution in [3.05, 3.63) is 36.3 Å². The molecule has 0 radical (unpaired) electrons. The van der Waals surface area contributed by atoms with Crippen LogP contribution in [-0.2, 0) is 4.79 Å². The SMILES string of the molecule is O=Cn1ccc2ccc(F)cc21. The first-order valence-electron chi connectivity index (χ1n) is 3.52. The van der Waals surface area contributed by atoms with E-state index in [9.17, 15) is 9.18 Å². The first-order chi connectivity index (χ1) is 5.81. The van der Waals surface area contributed by atoms with Gasteiger partial charge in [0.2, 0.25) is 6.41 Å². The second-order valence-electron chi connectivity index (χ2n) is 2.53. The van der Waals surface area contributed by atoms with Crippen molar-refractivity contribution in [2.45, 2.75) is 0 Å². The lowest BCUT2D eigenvalue weighted by Gasteiger charge is -1.93. The van der Waals surface area contributed by atoms with Gasteiger partial charge in [0.05, 0.1) is 5.52 Å². The summed E-state index contributed by atoms with van der Waals surface area (Å²) in [5.41, 5.74) is 0.602. The van der Waals surface area contributed by atoms with E-state index < -0.39 is 0 Å². The quantitative estimate of drug-likeness (QED) is 0.588. The first-order valence-corrected chi connectivity index (χ1v) is 3.52. The maximum Gasteiger partial charge on any atom is 0.218 e. The van der Waals surface area contributed by atoms with Gasteiger partial charge in [-0.25, -0.2) is 4.39 Å². The standard InChI is InChI=1S/C9H6FNO/c10-8-2-1-7-3-4-11(6-12)9(7)5-8/h1-6H. The van der Waals surface area contributed by atoms with Crippen LogP contribution < -0.4 is 0 Å². The average molecular weight is 163 g/mol. The molecule has 0 aliphatic heterocycles. The van der Waals surface area contributed by atoms with Gasteiger partial charge in [-0.3, -0.25) is 9.36 Å². The minimum atomic E-state index is -0.329. The molecule has 3 heteroatoms. The van der Waals surface area contributed by atoms with Gasteiger partial charge in [0, 0.05) is 11.6 Å². The van der Waals surface area contributed by atoms with Crippen LogP contribution in [0.2, 0.25) is 0 Å². The van der Waals surface area contributed by atoms with Crippen molar-refractivity contribution in [3.8, 4) is 0 Å². The second kappa shape index (κ2) is 2.44. The fourth-order valence-electron chi connectivity index (χ4n) is 1.21. The van der Waals surface area contributed by atoms with Crippen molar-refractivity contribution >= 4 is 17.3 Å². The fourth-order valence-corrected chi connectivity index (χ4v) is 1.21. The Bertz CT molecular complexity index is 433. The van der Waals surface area contributed by atoms with Crippen LogP contribution in [0.15, 0.2) is 30.5 Å². The summed E-state index contributed by atoms with van der Waals surface area (Å²) in [6.45, 7) is 0. The van der Waals surface area contributed by atoms with E-state index >= 15 is 0 Å². The number of hydrogen-bond acceptors (Lipinski definition) is 1. The molecule has 2 nitrogen and oxygen atoms in total. The summed E-state index contributed by atoms with van der Waals surface area (Å²) in [5.74, 6) is -0.329. The van der Waals surface area contributed by atoms with E-state index in [1.807, 2.05) is 0 Å². The number of rotatable bonds is 1. The molecule has 12 heavy (non-hydrogen) atoms. The number of aromatic nitrogens is 1. The van der Waals surface area contributed by atoms with E-state index in [-0.39, 0.29) is 5.82 Å². The van der Waals surface area contributed by atoms with Gasteiger partial charge < -0.3 is 0 Å². The highest BCUT2D eigenvalue weighted by Gasteiger charge is 1.99. The maximum atomic E-state index is 12.7. The van der Waals surface area contributed by atoms with E-state index in [0.29, 0.717) is 11.9 Å². The highest BCUT2D eigenvalue weighted by Crippen LogP contribution is 2.15. The van der Waals surface area contributed by atoms with Crippen LogP contribution in [0.5, 0.6) is 0 Å². The Morgan fingerprint density at radius 3 is 2.92 bits per heavy atom. The van der Waals surface area contributed by atoms with Crippen molar-refractivity contribution in [2.24, 2.45) is 0 Å². The van der Waals surface area contributed by atoms with Crippen LogP contribution in [0, 0.1) is 5.82 Å². The highest BCUT2D eigenvalue weighted by molar-refractivity contribution is 5.85. The molecular formula is C9H6FNO. The fraction of sp³-hybridized carbons (Fsp3) is 0. The van der Waals surface area contributed by atoms with Gasteiger partial charge in [-0.1, -0.05) is 0 Å². The minimum Gasteiger partial charge on any atom is -0.290 e. The van der Waals surface area contributed by atoms with Crippen molar-refractivity contribution in [1.29, 1.82) is 0 Å². The molecular weight excluding hydrogens is 157 g/mol. The number of benzene rings is 1. The molecule has 1 heterocycles. The van der Waals surface area contributed by atoms with E-state index in [0.717, 1.165) is 5.39 Å². The lowest BCUT2D eigenvalue weighted by molar-refractivity contribution is 0.549. The summed E-state index contributed by atoms with van der Waals surface area (Å²) in [6, 6.07) is 6.12. The molecule has 0 unspecified atom stereocenters. The zero-order valence-electron chi connectivity index (χ0n) is 6.20.